The van der Waals surface area contributed by atoms with Gasteiger partial charge in [0.25, 0.3) is 11.1 Å². The molecule has 8 heterocycles. The lowest BCUT2D eigenvalue weighted by atomic mass is 9.86. The van der Waals surface area contributed by atoms with E-state index in [1.807, 2.05) is 120 Å². The summed E-state index contributed by atoms with van der Waals surface area (Å²) in [6.45, 7) is 15.2. The van der Waals surface area contributed by atoms with Crippen molar-refractivity contribution in [3.05, 3.63) is 158 Å². The predicted molar refractivity (Wildman–Crippen MR) is 451 cm³/mol. The van der Waals surface area contributed by atoms with E-state index in [0.29, 0.717) is 140 Å². The van der Waals surface area contributed by atoms with Gasteiger partial charge in [0.2, 0.25) is 17.7 Å². The Morgan fingerprint density at radius 1 is 0.638 bits per heavy atom. The second kappa shape index (κ2) is 47.8. The number of aromatic amines is 2. The number of thiazole rings is 1. The summed E-state index contributed by atoms with van der Waals surface area (Å²) in [6, 6.07) is 24.9. The van der Waals surface area contributed by atoms with Crippen molar-refractivity contribution < 1.29 is 76.9 Å². The number of anilines is 4. The Hall–Kier alpha value is -9.32. The lowest BCUT2D eigenvalue weighted by Gasteiger charge is -2.32. The number of fused-ring (bicyclic) bond motifs is 4. The summed E-state index contributed by atoms with van der Waals surface area (Å²) in [7, 11) is 0. The van der Waals surface area contributed by atoms with Gasteiger partial charge in [-0.2, -0.15) is 0 Å². The molecule has 1 aliphatic heterocycles. The first-order valence-electron chi connectivity index (χ1n) is 37.2. The highest BCUT2D eigenvalue weighted by Gasteiger charge is 2.42. The number of β-amino-alcohol motifs (C(OH)–C–C–N with tert-alkyl or cyclic N) is 1. The molecule has 3 atom stereocenters. The number of nitrogens with two attached hydrogens (primary N) is 1. The maximum absolute atomic E-state index is 12.9. The number of aliphatic hydroxyl groups excluding tert-OH is 1. The number of hydrogen-bond donors (Lipinski definition) is 9. The lowest BCUT2D eigenvalue weighted by Crippen LogP contribution is -2.53. The smallest absolute Gasteiger partial charge is 0.329 e. The number of alkyl halides is 1. The molecular weight excluding hydrogens is 1680 g/mol. The molecular formula is C79H98Cl2IN15O18S. The molecule has 3 aromatic carbocycles. The number of ether oxygens (including phenoxy) is 8. The number of halogens is 3. The Labute approximate surface area is 696 Å². The van der Waals surface area contributed by atoms with E-state index in [1.54, 1.807) is 11.3 Å². The molecule has 1 fully saturated rings. The first-order valence-corrected chi connectivity index (χ1v) is 41.0. The van der Waals surface area contributed by atoms with Crippen LogP contribution < -0.4 is 38.1 Å². The molecule has 7 aromatic heterocycles. The zero-order valence-corrected chi connectivity index (χ0v) is 69.8. The number of benzene rings is 3. The van der Waals surface area contributed by atoms with Gasteiger partial charge in [0.15, 0.2) is 11.6 Å². The number of pyridine rings is 2. The molecule has 0 aliphatic carbocycles. The number of aryl methyl sites for hydroxylation is 2. The van der Waals surface area contributed by atoms with Gasteiger partial charge in [0, 0.05) is 79.1 Å². The quantitative estimate of drug-likeness (QED) is 0.00750. The van der Waals surface area contributed by atoms with Crippen LogP contribution in [-0.2, 0) is 86.2 Å². The molecule has 0 saturated carbocycles. The van der Waals surface area contributed by atoms with Crippen molar-refractivity contribution in [2.24, 2.45) is 11.1 Å². The predicted octanol–water partition coefficient (Wildman–Crippen LogP) is 8.39. The molecule has 0 bridgehead atoms. The van der Waals surface area contributed by atoms with Gasteiger partial charge < -0.3 is 99.1 Å². The Kier molecular flexibility index (Phi) is 38.0. The Balaban J connectivity index is 0.000000218. The van der Waals surface area contributed by atoms with Gasteiger partial charge in [-0.15, -0.1) is 11.3 Å². The number of Topliss-reactive ketones (excluding diaryl/α,β-unsaturated/α-hetero) is 2. The number of carboxylic acid groups (broad SMARTS) is 1. The van der Waals surface area contributed by atoms with E-state index in [4.69, 9.17) is 71.9 Å². The fraction of sp³-hybridized carbons (Fsp3) is 0.430. The van der Waals surface area contributed by atoms with E-state index < -0.39 is 29.6 Å². The van der Waals surface area contributed by atoms with Crippen molar-refractivity contribution in [1.29, 1.82) is 0 Å². The third kappa shape index (κ3) is 28.8. The van der Waals surface area contributed by atoms with Crippen molar-refractivity contribution in [3.63, 3.8) is 0 Å². The van der Waals surface area contributed by atoms with Gasteiger partial charge >= 0.3 is 5.97 Å². The number of amides is 3. The minimum Gasteiger partial charge on any atom is -0.480 e. The molecule has 37 heteroatoms. The minimum absolute atomic E-state index is 0.0167. The average molecular weight is 1780 g/mol. The van der Waals surface area contributed by atoms with Crippen LogP contribution in [0.1, 0.15) is 51.8 Å². The first-order chi connectivity index (χ1) is 55.9. The third-order valence-corrected chi connectivity index (χ3v) is 19.0. The number of carbonyl (C=O) groups is 6. The second-order valence-corrected chi connectivity index (χ2v) is 28.8. The molecule has 1 aliphatic rings. The summed E-state index contributed by atoms with van der Waals surface area (Å²) in [5.74, 6) is -1.08. The number of ketones is 2. The SMILES string of the molecule is CC(=O)COCCOCCOCCOCCNC(=O)Cn1ccc2c(Nc3nc(Cl)cc4nc[nH]c(=O)c34)cccc21.CI.Cc1ncsc1-c1ccc(CCC(=O)[C@@H]2C[C@@H](O)CN2C(=O)[C@@H](N)C(C)(C)C)cc1.O=C(O)COCCOCCOCCOCCNC(=O)Cn1ccc2c(Nc3nc(Cl)cc4nc[nH]c(=O)c34)cccc21. The number of carboxylic acids is 1. The Morgan fingerprint density at radius 2 is 1.09 bits per heavy atom. The summed E-state index contributed by atoms with van der Waals surface area (Å²) < 4.78 is 46.0. The van der Waals surface area contributed by atoms with Gasteiger partial charge in [-0.25, -0.2) is 29.7 Å². The fourth-order valence-electron chi connectivity index (χ4n) is 11.9. The molecule has 0 unspecified atom stereocenters. The van der Waals surface area contributed by atoms with Crippen molar-refractivity contribution in [2.75, 3.05) is 141 Å². The van der Waals surface area contributed by atoms with Crippen molar-refractivity contribution >= 4 is 159 Å². The van der Waals surface area contributed by atoms with E-state index in [1.165, 1.54) is 36.6 Å². The molecule has 0 spiro atoms. The van der Waals surface area contributed by atoms with Crippen LogP contribution in [-0.4, -0.2) is 243 Å². The lowest BCUT2D eigenvalue weighted by molar-refractivity contribution is -0.143. The van der Waals surface area contributed by atoms with Crippen LogP contribution in [0.15, 0.2) is 125 Å². The largest absolute Gasteiger partial charge is 0.480 e. The zero-order valence-electron chi connectivity index (χ0n) is 65.3. The Bertz CT molecular complexity index is 4750. The van der Waals surface area contributed by atoms with Crippen LogP contribution >= 0.6 is 57.1 Å². The number of aliphatic carboxylic acids is 1. The molecule has 11 rings (SSSR count). The molecule has 33 nitrogen and oxygen atoms in total. The highest BCUT2D eigenvalue weighted by molar-refractivity contribution is 14.1. The molecule has 10 aromatic rings. The van der Waals surface area contributed by atoms with E-state index in [0.717, 1.165) is 43.5 Å². The monoisotopic (exact) mass is 1770 g/mol. The number of rotatable bonds is 42. The summed E-state index contributed by atoms with van der Waals surface area (Å²) in [5.41, 5.74) is 14.0. The van der Waals surface area contributed by atoms with Crippen molar-refractivity contribution in [2.45, 2.75) is 85.2 Å². The maximum Gasteiger partial charge on any atom is 0.329 e. The van der Waals surface area contributed by atoms with Gasteiger partial charge in [-0.3, -0.25) is 33.6 Å². The van der Waals surface area contributed by atoms with E-state index in [2.05, 4.69) is 90.9 Å². The van der Waals surface area contributed by atoms with Gasteiger partial charge in [0.05, 0.1) is 161 Å². The summed E-state index contributed by atoms with van der Waals surface area (Å²) in [6.07, 6.45) is 6.78. The highest BCUT2D eigenvalue weighted by Crippen LogP contribution is 2.33. The van der Waals surface area contributed by atoms with Crippen molar-refractivity contribution in [3.8, 4) is 10.4 Å². The highest BCUT2D eigenvalue weighted by atomic mass is 127. The number of likely N-dealkylation sites (tertiary alicyclic amines) is 1. The normalized spacial score (nSPS) is 13.5. The van der Waals surface area contributed by atoms with Crippen LogP contribution in [0.3, 0.4) is 0 Å². The number of H-pyrrole nitrogens is 2. The number of carbonyl (C=O) groups excluding carboxylic acids is 5. The second-order valence-electron chi connectivity index (χ2n) is 27.2. The van der Waals surface area contributed by atoms with Gasteiger partial charge in [0.1, 0.15) is 59.0 Å². The average Bonchev–Trinajstić information content (AvgIpc) is 1.36. The molecule has 0 radical (unpaired) electrons. The zero-order chi connectivity index (χ0) is 83.5. The third-order valence-electron chi connectivity index (χ3n) is 17.6. The van der Waals surface area contributed by atoms with Crippen LogP contribution in [0.25, 0.3) is 54.1 Å². The standard InChI is InChI=1S/C28H33ClN6O7.C27H31ClN6O8.C23H31N3O3S.CH3I/c1-19(36)17-42-14-13-41-12-11-40-10-9-39-8-6-30-25(37)16-35-7-5-20-21(3-2-4-23(20)35)33-27-26-22(15-24(29)34-27)31-18-32-28(26)38;28-22-14-20-25(27(38)31-17-30-20)26(33-22)32-19-2-1-3-21-18(19)4-6-34(21)15-23(35)29-5-7-39-8-9-40-10-11-41-12-13-42-16-24(36)37;1-14-20(30-13-25-14)16-8-5-15(6-9-16)7-10-19(28)18-11-17(27)12-26(18)22(29)21(24)23(2,3)4;1-2/h2-5,7,15,18H,6,8-14,16-17H2,1H3,(H,30,37)(H,33,34)(H,31,32,38);1-4,6,14,17H,5,7-13,15-16H2,(H,29,35)(H,32,33)(H,36,37)(H,30,31,38);5-6,8-9,13,17-18,21,27H,7,10-12,24H2,1-4H3;1H3/t;;17-,18+,21-;/m..1./s1. The van der Waals surface area contributed by atoms with Crippen molar-refractivity contribution in [1.82, 2.24) is 59.6 Å². The molecule has 10 N–H and O–H groups in total. The molecule has 116 heavy (non-hydrogen) atoms. The number of hydrogen-bond acceptors (Lipinski definition) is 26. The van der Waals surface area contributed by atoms with Gasteiger partial charge in [-0.1, -0.05) is 103 Å². The van der Waals surface area contributed by atoms with Crippen LogP contribution in [0.2, 0.25) is 10.3 Å². The van der Waals surface area contributed by atoms with Crippen LogP contribution in [0.5, 0.6) is 0 Å². The molecule has 624 valence electrons. The van der Waals surface area contributed by atoms with E-state index >= 15 is 0 Å². The summed E-state index contributed by atoms with van der Waals surface area (Å²) in [4.78, 5) is 128. The number of nitrogens with one attached hydrogen (secondary N) is 6. The minimum atomic E-state index is -1.02. The fourth-order valence-corrected chi connectivity index (χ4v) is 13.1. The van der Waals surface area contributed by atoms with Crippen LogP contribution in [0.4, 0.5) is 23.0 Å². The summed E-state index contributed by atoms with van der Waals surface area (Å²) >= 11 is 16.1. The van der Waals surface area contributed by atoms with E-state index in [9.17, 15) is 43.5 Å². The van der Waals surface area contributed by atoms with E-state index in [-0.39, 0.29) is 114 Å². The number of nitrogens with zero attached hydrogens (tertiary/aromatic N) is 8. The van der Waals surface area contributed by atoms with Gasteiger partial charge in [-0.05, 0) is 78.1 Å². The Morgan fingerprint density at radius 3 is 1.52 bits per heavy atom. The number of aliphatic hydroxyl groups is 1. The maximum atomic E-state index is 12.9. The molecule has 3 amide bonds. The first kappa shape index (κ1) is 92.2. The topological polar surface area (TPSA) is 434 Å². The molecule has 1 saturated heterocycles. The summed E-state index contributed by atoms with van der Waals surface area (Å²) in [5, 5.41) is 33.3. The van der Waals surface area contributed by atoms with Crippen LogP contribution in [0, 0.1) is 12.3 Å². The number of aromatic nitrogens is 9.